The molecule has 4 aromatic rings. The van der Waals surface area contributed by atoms with Crippen LogP contribution in [0.2, 0.25) is 0 Å². The Morgan fingerprint density at radius 2 is 1.95 bits per heavy atom. The van der Waals surface area contributed by atoms with Crippen LogP contribution >= 0.6 is 0 Å². The number of hydrogen-bond donors (Lipinski definition) is 1. The molecule has 0 unspecified atom stereocenters. The number of fused-ring (bicyclic) bond motifs is 1. The molecular formula is C31H32FN4O4+. The lowest BCUT2D eigenvalue weighted by molar-refractivity contribution is -0.551. The monoisotopic (exact) mass is 543 g/mol. The third-order valence-electron chi connectivity index (χ3n) is 6.70. The molecule has 2 aromatic carbocycles. The maximum Gasteiger partial charge on any atom is 0.407 e. The molecule has 0 saturated heterocycles. The van der Waals surface area contributed by atoms with Crippen molar-refractivity contribution in [1.29, 1.82) is 0 Å². The van der Waals surface area contributed by atoms with Gasteiger partial charge in [-0.25, -0.2) is 13.8 Å². The lowest BCUT2D eigenvalue weighted by atomic mass is 10.1. The van der Waals surface area contributed by atoms with Crippen LogP contribution in [0.25, 0.3) is 10.9 Å². The van der Waals surface area contributed by atoms with E-state index in [2.05, 4.69) is 17.0 Å². The van der Waals surface area contributed by atoms with Gasteiger partial charge in [-0.2, -0.15) is 0 Å². The number of aryl methyl sites for hydroxylation is 1. The summed E-state index contributed by atoms with van der Waals surface area (Å²) in [4.78, 5) is 29.5. The zero-order valence-corrected chi connectivity index (χ0v) is 22.4. The summed E-state index contributed by atoms with van der Waals surface area (Å²) in [6, 6.07) is 16.3. The summed E-state index contributed by atoms with van der Waals surface area (Å²) in [6.07, 6.45) is 5.02. The molecule has 1 aliphatic rings. The molecule has 2 heterocycles. The summed E-state index contributed by atoms with van der Waals surface area (Å²) in [5.74, 6) is -0.602. The Hall–Kier alpha value is -4.53. The van der Waals surface area contributed by atoms with Gasteiger partial charge in [0.1, 0.15) is 19.9 Å². The minimum absolute atomic E-state index is 0.0281. The fraction of sp³-hybridized carbons (Fsp3) is 0.290. The third kappa shape index (κ3) is 6.72. The number of amides is 1. The highest BCUT2D eigenvalue weighted by molar-refractivity contribution is 5.81. The van der Waals surface area contributed by atoms with Gasteiger partial charge in [-0.05, 0) is 43.5 Å². The molecule has 9 heteroatoms. The van der Waals surface area contributed by atoms with E-state index in [0.29, 0.717) is 29.6 Å². The lowest BCUT2D eigenvalue weighted by Gasteiger charge is -2.15. The van der Waals surface area contributed by atoms with E-state index < -0.39 is 11.9 Å². The molecule has 40 heavy (non-hydrogen) atoms. The van der Waals surface area contributed by atoms with Crippen LogP contribution in [0.1, 0.15) is 41.3 Å². The molecule has 0 radical (unpaired) electrons. The fourth-order valence-electron chi connectivity index (χ4n) is 4.63. The molecule has 0 spiro atoms. The first kappa shape index (κ1) is 27.1. The van der Waals surface area contributed by atoms with E-state index in [9.17, 15) is 9.59 Å². The lowest BCUT2D eigenvalue weighted by Crippen LogP contribution is -2.28. The van der Waals surface area contributed by atoms with Crippen molar-refractivity contribution in [2.24, 2.45) is 0 Å². The second-order valence-corrected chi connectivity index (χ2v) is 10.1. The summed E-state index contributed by atoms with van der Waals surface area (Å²) < 4.78 is 29.7. The van der Waals surface area contributed by atoms with E-state index in [1.165, 1.54) is 6.07 Å². The molecule has 1 amide bonds. The molecule has 1 N–H and O–H groups in total. The van der Waals surface area contributed by atoms with E-state index >= 15 is 4.39 Å². The first-order valence-corrected chi connectivity index (χ1v) is 13.3. The van der Waals surface area contributed by atoms with Crippen molar-refractivity contribution in [3.63, 3.8) is 0 Å². The third-order valence-corrected chi connectivity index (χ3v) is 6.70. The van der Waals surface area contributed by atoms with Crippen LogP contribution in [0.15, 0.2) is 71.8 Å². The largest absolute Gasteiger partial charge is 0.489 e. The number of hydrogen-bond acceptors (Lipinski definition) is 5. The summed E-state index contributed by atoms with van der Waals surface area (Å²) in [6.45, 7) is 7.26. The van der Waals surface area contributed by atoms with Gasteiger partial charge in [-0.1, -0.05) is 30.3 Å². The zero-order chi connectivity index (χ0) is 28.1. The minimum atomic E-state index is -0.630. The fourth-order valence-corrected chi connectivity index (χ4v) is 4.63. The predicted molar refractivity (Wildman–Crippen MR) is 150 cm³/mol. The van der Waals surface area contributed by atoms with Gasteiger partial charge in [-0.15, -0.1) is 0 Å². The average molecular weight is 544 g/mol. The highest BCUT2D eigenvalue weighted by atomic mass is 19.1. The maximum atomic E-state index is 15.0. The van der Waals surface area contributed by atoms with Crippen molar-refractivity contribution >= 4 is 23.7 Å². The van der Waals surface area contributed by atoms with Gasteiger partial charge in [0, 0.05) is 41.1 Å². The molecule has 0 atom stereocenters. The standard InChI is InChI=1S/C31H31FN4O4/c1-21-14-23(10-11-33-21)17-35(2)18-24-19-36(25-8-9-25)28-16-29(27(32)15-26(28)30(24)37)39-13-12-34-31(38)40-20-22-6-4-3-5-7-22/h3-7,10-11,14-16,19,25H,2,8-9,12-13,17-18,20H2,1H3/p+1. The molecular weight excluding hydrogens is 511 g/mol. The van der Waals surface area contributed by atoms with Crippen molar-refractivity contribution in [3.05, 3.63) is 105 Å². The van der Waals surface area contributed by atoms with Crippen molar-refractivity contribution in [3.8, 4) is 5.75 Å². The molecule has 1 aliphatic carbocycles. The Kier molecular flexibility index (Phi) is 8.19. The number of ether oxygens (including phenoxy) is 2. The van der Waals surface area contributed by atoms with Gasteiger partial charge in [0.25, 0.3) is 0 Å². The van der Waals surface area contributed by atoms with Gasteiger partial charge in [0.2, 0.25) is 0 Å². The second kappa shape index (κ2) is 12.1. The maximum absolute atomic E-state index is 15.0. The molecule has 1 fully saturated rings. The van der Waals surface area contributed by atoms with Crippen molar-refractivity contribution in [1.82, 2.24) is 14.9 Å². The number of rotatable bonds is 11. The Morgan fingerprint density at radius 1 is 1.15 bits per heavy atom. The molecule has 1 saturated carbocycles. The van der Waals surface area contributed by atoms with E-state index in [-0.39, 0.29) is 37.0 Å². The Labute approximate surface area is 231 Å². The first-order valence-electron chi connectivity index (χ1n) is 13.3. The van der Waals surface area contributed by atoms with Crippen LogP contribution < -0.4 is 15.5 Å². The molecule has 2 aromatic heterocycles. The van der Waals surface area contributed by atoms with E-state index in [0.717, 1.165) is 29.7 Å². The van der Waals surface area contributed by atoms with Crippen LogP contribution in [0, 0.1) is 12.7 Å². The Morgan fingerprint density at radius 3 is 2.70 bits per heavy atom. The van der Waals surface area contributed by atoms with E-state index in [1.54, 1.807) is 12.3 Å². The number of carbonyl (C=O) groups excluding carboxylic acids is 1. The summed E-state index contributed by atoms with van der Waals surface area (Å²) in [5, 5.41) is 2.91. The van der Waals surface area contributed by atoms with Gasteiger partial charge in [-0.3, -0.25) is 9.78 Å². The quantitative estimate of drug-likeness (QED) is 0.165. The highest BCUT2D eigenvalue weighted by Gasteiger charge is 2.27. The predicted octanol–water partition coefficient (Wildman–Crippen LogP) is 4.90. The minimum Gasteiger partial charge on any atom is -0.489 e. The average Bonchev–Trinajstić information content (AvgIpc) is 3.78. The number of pyridine rings is 2. The second-order valence-electron chi connectivity index (χ2n) is 10.1. The number of aromatic nitrogens is 2. The van der Waals surface area contributed by atoms with Crippen molar-refractivity contribution < 1.29 is 23.2 Å². The normalized spacial score (nSPS) is 12.8. The molecule has 5 rings (SSSR count). The number of carbonyl (C=O) groups is 1. The number of halogens is 1. The number of alkyl carbamates (subject to hydrolysis) is 1. The zero-order valence-electron chi connectivity index (χ0n) is 22.4. The van der Waals surface area contributed by atoms with Gasteiger partial charge in [0.15, 0.2) is 30.1 Å². The van der Waals surface area contributed by atoms with Crippen LogP contribution in [0.3, 0.4) is 0 Å². The summed E-state index contributed by atoms with van der Waals surface area (Å²) in [5.41, 5.74) is 3.82. The number of benzene rings is 2. The van der Waals surface area contributed by atoms with Gasteiger partial charge >= 0.3 is 6.09 Å². The van der Waals surface area contributed by atoms with Gasteiger partial charge < -0.3 is 19.4 Å². The molecule has 8 nitrogen and oxygen atoms in total. The summed E-state index contributed by atoms with van der Waals surface area (Å²) in [7, 11) is 0. The van der Waals surface area contributed by atoms with Crippen molar-refractivity contribution in [2.45, 2.75) is 45.5 Å². The summed E-state index contributed by atoms with van der Waals surface area (Å²) >= 11 is 0. The van der Waals surface area contributed by atoms with Crippen LogP contribution in [0.5, 0.6) is 5.75 Å². The van der Waals surface area contributed by atoms with Gasteiger partial charge in [0.05, 0.1) is 17.6 Å². The van der Waals surface area contributed by atoms with E-state index in [1.807, 2.05) is 64.7 Å². The highest BCUT2D eigenvalue weighted by Crippen LogP contribution is 2.38. The van der Waals surface area contributed by atoms with Crippen LogP contribution in [0.4, 0.5) is 9.18 Å². The first-order chi connectivity index (χ1) is 19.4. The Bertz CT molecular complexity index is 1600. The van der Waals surface area contributed by atoms with Crippen LogP contribution in [-0.2, 0) is 24.4 Å². The topological polar surface area (TPSA) is 85.5 Å². The number of nitrogens with zero attached hydrogens (tertiary/aromatic N) is 3. The molecule has 0 aliphatic heterocycles. The van der Waals surface area contributed by atoms with E-state index in [4.69, 9.17) is 9.47 Å². The Balaban J connectivity index is 1.25. The smallest absolute Gasteiger partial charge is 0.407 e. The molecule has 0 bridgehead atoms. The number of nitrogens with one attached hydrogen (secondary N) is 1. The van der Waals surface area contributed by atoms with Crippen LogP contribution in [-0.4, -0.2) is 40.1 Å². The van der Waals surface area contributed by atoms with Crippen molar-refractivity contribution in [2.75, 3.05) is 13.2 Å². The SMILES string of the molecule is C=[N+](Cc1ccnc(C)c1)Cc1cn(C2CC2)c2cc(OCCNC(=O)OCc3ccccc3)c(F)cc2c1=O. The molecule has 206 valence electrons.